The van der Waals surface area contributed by atoms with Crippen LogP contribution in [-0.4, -0.2) is 27.7 Å². The Morgan fingerprint density at radius 3 is 2.81 bits per heavy atom. The molecule has 0 saturated heterocycles. The van der Waals surface area contributed by atoms with Crippen LogP contribution in [0.4, 0.5) is 5.69 Å². The van der Waals surface area contributed by atoms with Gasteiger partial charge in [0.05, 0.1) is 17.6 Å². The van der Waals surface area contributed by atoms with Crippen molar-refractivity contribution in [3.8, 4) is 11.4 Å². The molecule has 110 valence electrons. The Hall–Kier alpha value is -2.17. The number of hydrogen-bond acceptors (Lipinski definition) is 3. The Morgan fingerprint density at radius 2 is 1.95 bits per heavy atom. The lowest BCUT2D eigenvalue weighted by Crippen LogP contribution is -2.26. The van der Waals surface area contributed by atoms with E-state index in [4.69, 9.17) is 0 Å². The zero-order valence-electron chi connectivity index (χ0n) is 12.5. The molecule has 0 radical (unpaired) electrons. The van der Waals surface area contributed by atoms with Crippen LogP contribution in [0, 0.1) is 0 Å². The molecule has 5 heteroatoms. The van der Waals surface area contributed by atoms with Crippen molar-refractivity contribution in [1.82, 2.24) is 14.8 Å². The van der Waals surface area contributed by atoms with Gasteiger partial charge in [0.1, 0.15) is 5.69 Å². The molecular formula is C16H20N4O. The van der Waals surface area contributed by atoms with Crippen LogP contribution in [0.2, 0.25) is 0 Å². The standard InChI is InChI=1S/C16H20N4O/c1-19-14-11-18-20(2)16(14)13-10-12(8-9-17-13)6-4-3-5-7-15(19)21/h8-11H,3-7H2,1-2H3. The van der Waals surface area contributed by atoms with E-state index in [1.165, 1.54) is 5.56 Å². The van der Waals surface area contributed by atoms with Crippen LogP contribution in [0.25, 0.3) is 11.4 Å². The predicted octanol–water partition coefficient (Wildman–Crippen LogP) is 2.56. The van der Waals surface area contributed by atoms with E-state index >= 15 is 0 Å². The molecule has 0 aromatic carbocycles. The number of hydrogen-bond donors (Lipinski definition) is 0. The van der Waals surface area contributed by atoms with E-state index in [1.807, 2.05) is 20.3 Å². The fourth-order valence-electron chi connectivity index (χ4n) is 2.81. The van der Waals surface area contributed by atoms with E-state index in [2.05, 4.69) is 22.2 Å². The van der Waals surface area contributed by atoms with Crippen molar-refractivity contribution < 1.29 is 4.79 Å². The lowest BCUT2D eigenvalue weighted by atomic mass is 10.0. The van der Waals surface area contributed by atoms with Gasteiger partial charge in [0.15, 0.2) is 0 Å². The first-order valence-corrected chi connectivity index (χ1v) is 7.40. The molecule has 0 spiro atoms. The van der Waals surface area contributed by atoms with Gasteiger partial charge in [0.2, 0.25) is 5.91 Å². The Labute approximate surface area is 124 Å². The molecule has 5 nitrogen and oxygen atoms in total. The first kappa shape index (κ1) is 13.8. The molecule has 0 saturated carbocycles. The number of rotatable bonds is 0. The molecule has 3 heterocycles. The second kappa shape index (κ2) is 5.68. The number of carbonyl (C=O) groups is 1. The minimum Gasteiger partial charge on any atom is -0.312 e. The van der Waals surface area contributed by atoms with E-state index < -0.39 is 0 Å². The van der Waals surface area contributed by atoms with Gasteiger partial charge in [-0.15, -0.1) is 0 Å². The third-order valence-electron chi connectivity index (χ3n) is 4.08. The fraction of sp³-hybridized carbons (Fsp3) is 0.438. The Kier molecular flexibility index (Phi) is 3.73. The van der Waals surface area contributed by atoms with Gasteiger partial charge in [-0.05, 0) is 37.0 Å². The van der Waals surface area contributed by atoms with Crippen molar-refractivity contribution in [2.75, 3.05) is 11.9 Å². The molecule has 3 rings (SSSR count). The summed E-state index contributed by atoms with van der Waals surface area (Å²) in [4.78, 5) is 18.5. The molecule has 0 unspecified atom stereocenters. The largest absolute Gasteiger partial charge is 0.312 e. The monoisotopic (exact) mass is 284 g/mol. The van der Waals surface area contributed by atoms with Gasteiger partial charge in [-0.2, -0.15) is 5.10 Å². The zero-order valence-corrected chi connectivity index (χ0v) is 12.5. The van der Waals surface area contributed by atoms with Crippen LogP contribution < -0.4 is 4.90 Å². The molecule has 0 atom stereocenters. The van der Waals surface area contributed by atoms with Crippen LogP contribution in [-0.2, 0) is 18.3 Å². The highest BCUT2D eigenvalue weighted by molar-refractivity contribution is 5.96. The van der Waals surface area contributed by atoms with E-state index in [0.29, 0.717) is 6.42 Å². The summed E-state index contributed by atoms with van der Waals surface area (Å²) in [7, 11) is 3.70. The first-order chi connectivity index (χ1) is 10.2. The molecule has 2 aromatic rings. The maximum Gasteiger partial charge on any atom is 0.226 e. The van der Waals surface area contributed by atoms with Crippen LogP contribution >= 0.6 is 0 Å². The zero-order chi connectivity index (χ0) is 14.8. The maximum atomic E-state index is 12.3. The molecule has 0 N–H and O–H groups in total. The average molecular weight is 284 g/mol. The van der Waals surface area contributed by atoms with Gasteiger partial charge in [-0.1, -0.05) is 6.42 Å². The van der Waals surface area contributed by atoms with Gasteiger partial charge in [0, 0.05) is 26.7 Å². The minimum atomic E-state index is 0.140. The number of amides is 1. The van der Waals surface area contributed by atoms with Gasteiger partial charge in [0.25, 0.3) is 0 Å². The molecule has 2 bridgehead atoms. The Balaban J connectivity index is 2.12. The van der Waals surface area contributed by atoms with Crippen LogP contribution in [0.5, 0.6) is 0 Å². The molecule has 0 fully saturated rings. The van der Waals surface area contributed by atoms with Crippen molar-refractivity contribution >= 4 is 11.6 Å². The molecule has 1 amide bonds. The lowest BCUT2D eigenvalue weighted by molar-refractivity contribution is -0.118. The van der Waals surface area contributed by atoms with Gasteiger partial charge in [-0.3, -0.25) is 14.5 Å². The number of anilines is 1. The van der Waals surface area contributed by atoms with E-state index in [9.17, 15) is 4.79 Å². The number of aromatic nitrogens is 3. The predicted molar refractivity (Wildman–Crippen MR) is 82.0 cm³/mol. The molecule has 1 aliphatic rings. The number of aryl methyl sites for hydroxylation is 2. The van der Waals surface area contributed by atoms with Gasteiger partial charge in [-0.25, -0.2) is 0 Å². The summed E-state index contributed by atoms with van der Waals surface area (Å²) >= 11 is 0. The smallest absolute Gasteiger partial charge is 0.226 e. The molecule has 2 aromatic heterocycles. The van der Waals surface area contributed by atoms with Crippen LogP contribution in [0.15, 0.2) is 24.5 Å². The Morgan fingerprint density at radius 1 is 1.14 bits per heavy atom. The highest BCUT2D eigenvalue weighted by Gasteiger charge is 2.20. The fourth-order valence-corrected chi connectivity index (χ4v) is 2.81. The van der Waals surface area contributed by atoms with Crippen molar-refractivity contribution in [2.24, 2.45) is 7.05 Å². The summed E-state index contributed by atoms with van der Waals surface area (Å²) < 4.78 is 1.79. The van der Waals surface area contributed by atoms with E-state index in [0.717, 1.165) is 42.8 Å². The highest BCUT2D eigenvalue weighted by Crippen LogP contribution is 2.30. The maximum absolute atomic E-state index is 12.3. The van der Waals surface area contributed by atoms with Crippen LogP contribution in [0.3, 0.4) is 0 Å². The molecule has 21 heavy (non-hydrogen) atoms. The normalized spacial score (nSPS) is 16.1. The average Bonchev–Trinajstić information content (AvgIpc) is 2.87. The number of pyridine rings is 1. The quantitative estimate of drug-likeness (QED) is 0.747. The third kappa shape index (κ3) is 2.68. The van der Waals surface area contributed by atoms with Crippen molar-refractivity contribution in [3.63, 3.8) is 0 Å². The lowest BCUT2D eigenvalue weighted by Gasteiger charge is -2.18. The first-order valence-electron chi connectivity index (χ1n) is 7.40. The van der Waals surface area contributed by atoms with Crippen molar-refractivity contribution in [3.05, 3.63) is 30.1 Å². The number of fused-ring (bicyclic) bond motifs is 4. The van der Waals surface area contributed by atoms with Crippen molar-refractivity contribution in [1.29, 1.82) is 0 Å². The summed E-state index contributed by atoms with van der Waals surface area (Å²) in [5.74, 6) is 0.140. The minimum absolute atomic E-state index is 0.140. The second-order valence-electron chi connectivity index (χ2n) is 5.56. The summed E-state index contributed by atoms with van der Waals surface area (Å²) in [6, 6.07) is 4.18. The Bertz CT molecular complexity index is 662. The topological polar surface area (TPSA) is 51.0 Å². The van der Waals surface area contributed by atoms with E-state index in [-0.39, 0.29) is 5.91 Å². The summed E-state index contributed by atoms with van der Waals surface area (Å²) in [5, 5.41) is 4.31. The number of carbonyl (C=O) groups excluding carboxylic acids is 1. The van der Waals surface area contributed by atoms with Gasteiger partial charge >= 0.3 is 0 Å². The molecule has 0 aliphatic carbocycles. The number of nitrogens with zero attached hydrogens (tertiary/aromatic N) is 4. The highest BCUT2D eigenvalue weighted by atomic mass is 16.2. The van der Waals surface area contributed by atoms with Gasteiger partial charge < -0.3 is 4.90 Å². The van der Waals surface area contributed by atoms with Crippen molar-refractivity contribution in [2.45, 2.75) is 32.1 Å². The summed E-state index contributed by atoms with van der Waals surface area (Å²) in [6.45, 7) is 0. The second-order valence-corrected chi connectivity index (χ2v) is 5.56. The summed E-state index contributed by atoms with van der Waals surface area (Å²) in [6.07, 6.45) is 8.34. The van der Waals surface area contributed by atoms with E-state index in [1.54, 1.807) is 15.8 Å². The third-order valence-corrected chi connectivity index (χ3v) is 4.08. The summed E-state index contributed by atoms with van der Waals surface area (Å²) in [5.41, 5.74) is 3.89. The SMILES string of the molecule is CN1C(=O)CCCCCc2ccnc(c2)-c2c1cnn2C. The molecular weight excluding hydrogens is 264 g/mol. The van der Waals surface area contributed by atoms with Crippen LogP contribution in [0.1, 0.15) is 31.2 Å². The molecule has 1 aliphatic heterocycles.